The summed E-state index contributed by atoms with van der Waals surface area (Å²) < 4.78 is 1.81. The van der Waals surface area contributed by atoms with Crippen LogP contribution in [0.1, 0.15) is 34.2 Å². The lowest BCUT2D eigenvalue weighted by Gasteiger charge is -2.08. The first kappa shape index (κ1) is 16.7. The maximum Gasteiger partial charge on any atom is 0.307 e. The topological polar surface area (TPSA) is 83.7 Å². The normalized spacial score (nSPS) is 10.8. The lowest BCUT2D eigenvalue weighted by Crippen LogP contribution is -2.16. The average Bonchev–Trinajstić information content (AvgIpc) is 2.96. The van der Waals surface area contributed by atoms with E-state index in [-0.39, 0.29) is 12.3 Å². The van der Waals surface area contributed by atoms with Crippen LogP contribution in [0, 0.1) is 6.92 Å². The molecule has 6 nitrogen and oxygen atoms in total. The largest absolute Gasteiger partial charge is 0.481 e. The molecule has 0 radical (unpaired) electrons. The number of carbonyl (C=O) groups excluding carboxylic acids is 1. The van der Waals surface area contributed by atoms with Crippen LogP contribution in [-0.2, 0) is 17.6 Å². The van der Waals surface area contributed by atoms with Gasteiger partial charge in [0.1, 0.15) is 11.3 Å². The van der Waals surface area contributed by atoms with Crippen LogP contribution in [0.2, 0.25) is 0 Å². The number of pyridine rings is 1. The van der Waals surface area contributed by atoms with Gasteiger partial charge in [-0.1, -0.05) is 25.1 Å². The van der Waals surface area contributed by atoms with Crippen molar-refractivity contribution < 1.29 is 14.7 Å². The molecule has 0 atom stereocenters. The van der Waals surface area contributed by atoms with E-state index in [4.69, 9.17) is 5.11 Å². The second-order valence-electron chi connectivity index (χ2n) is 5.87. The first-order valence-corrected chi connectivity index (χ1v) is 8.08. The van der Waals surface area contributed by atoms with Crippen LogP contribution in [0.5, 0.6) is 0 Å². The molecule has 0 bridgehead atoms. The zero-order valence-corrected chi connectivity index (χ0v) is 14.1. The summed E-state index contributed by atoms with van der Waals surface area (Å²) in [5, 5.41) is 11.7. The fourth-order valence-electron chi connectivity index (χ4n) is 2.81. The van der Waals surface area contributed by atoms with Gasteiger partial charge in [-0.25, -0.2) is 4.98 Å². The number of anilines is 1. The molecule has 3 rings (SSSR count). The van der Waals surface area contributed by atoms with E-state index >= 15 is 0 Å². The molecular weight excluding hydrogens is 318 g/mol. The van der Waals surface area contributed by atoms with Crippen molar-refractivity contribution in [2.75, 3.05) is 5.32 Å². The third-order valence-corrected chi connectivity index (χ3v) is 4.03. The summed E-state index contributed by atoms with van der Waals surface area (Å²) in [4.78, 5) is 28.1. The van der Waals surface area contributed by atoms with Gasteiger partial charge < -0.3 is 10.4 Å². The smallest absolute Gasteiger partial charge is 0.307 e. The fourth-order valence-corrected chi connectivity index (χ4v) is 2.81. The molecule has 0 spiro atoms. The van der Waals surface area contributed by atoms with Gasteiger partial charge in [0.2, 0.25) is 0 Å². The highest BCUT2D eigenvalue weighted by atomic mass is 16.4. The number of fused-ring (bicyclic) bond motifs is 1. The van der Waals surface area contributed by atoms with Gasteiger partial charge in [0.25, 0.3) is 5.91 Å². The Bertz CT molecular complexity index is 942. The highest BCUT2D eigenvalue weighted by molar-refractivity contribution is 6.04. The van der Waals surface area contributed by atoms with Crippen LogP contribution in [0.3, 0.4) is 0 Å². The fraction of sp³-hybridized carbons (Fsp3) is 0.211. The maximum atomic E-state index is 12.8. The number of imidazole rings is 1. The first-order valence-electron chi connectivity index (χ1n) is 8.08. The number of carboxylic acid groups (broad SMARTS) is 1. The zero-order chi connectivity index (χ0) is 18.0. The Morgan fingerprint density at radius 2 is 1.92 bits per heavy atom. The molecule has 0 aliphatic heterocycles. The quantitative estimate of drug-likeness (QED) is 0.749. The second kappa shape index (κ2) is 6.76. The third kappa shape index (κ3) is 3.38. The Kier molecular flexibility index (Phi) is 4.52. The van der Waals surface area contributed by atoms with Gasteiger partial charge >= 0.3 is 5.97 Å². The zero-order valence-electron chi connectivity index (χ0n) is 14.1. The summed E-state index contributed by atoms with van der Waals surface area (Å²) in [5.41, 5.74) is 4.36. The van der Waals surface area contributed by atoms with Crippen molar-refractivity contribution in [3.63, 3.8) is 0 Å². The minimum atomic E-state index is -0.884. The SMILES string of the molecule is CCc1nc2c(C)cccn2c1C(=O)Nc1ccc(CC(=O)O)cc1. The molecule has 0 saturated carbocycles. The summed E-state index contributed by atoms with van der Waals surface area (Å²) in [7, 11) is 0. The van der Waals surface area contributed by atoms with E-state index < -0.39 is 5.97 Å². The summed E-state index contributed by atoms with van der Waals surface area (Å²) in [6.45, 7) is 3.93. The molecule has 3 aromatic rings. The number of aryl methyl sites for hydroxylation is 2. The predicted molar refractivity (Wildman–Crippen MR) is 95.0 cm³/mol. The van der Waals surface area contributed by atoms with Gasteiger partial charge in [0.15, 0.2) is 0 Å². The molecule has 2 aromatic heterocycles. The van der Waals surface area contributed by atoms with Gasteiger partial charge in [0, 0.05) is 11.9 Å². The number of rotatable bonds is 5. The summed E-state index contributed by atoms with van der Waals surface area (Å²) in [6.07, 6.45) is 2.45. The standard InChI is InChI=1S/C19H19N3O3/c1-3-15-17(22-10-4-5-12(2)18(22)21-15)19(25)20-14-8-6-13(7-9-14)11-16(23)24/h4-10H,3,11H2,1-2H3,(H,20,25)(H,23,24). The summed E-state index contributed by atoms with van der Waals surface area (Å²) in [6, 6.07) is 10.7. The van der Waals surface area contributed by atoms with Crippen LogP contribution in [-0.4, -0.2) is 26.4 Å². The van der Waals surface area contributed by atoms with Gasteiger partial charge in [0.05, 0.1) is 12.1 Å². The van der Waals surface area contributed by atoms with E-state index in [1.165, 1.54) is 0 Å². The molecule has 2 N–H and O–H groups in total. The average molecular weight is 337 g/mol. The monoisotopic (exact) mass is 337 g/mol. The van der Waals surface area contributed by atoms with Crippen molar-refractivity contribution in [3.8, 4) is 0 Å². The van der Waals surface area contributed by atoms with Crippen molar-refractivity contribution in [1.82, 2.24) is 9.38 Å². The van der Waals surface area contributed by atoms with Crippen LogP contribution < -0.4 is 5.32 Å². The Balaban J connectivity index is 1.90. The molecule has 0 aliphatic rings. The Hall–Kier alpha value is -3.15. The predicted octanol–water partition coefficient (Wildman–Crippen LogP) is 3.08. The second-order valence-corrected chi connectivity index (χ2v) is 5.87. The number of nitrogens with zero attached hydrogens (tertiary/aromatic N) is 2. The molecule has 0 fully saturated rings. The number of hydrogen-bond acceptors (Lipinski definition) is 3. The van der Waals surface area contributed by atoms with Gasteiger partial charge in [-0.15, -0.1) is 0 Å². The van der Waals surface area contributed by atoms with Crippen LogP contribution in [0.4, 0.5) is 5.69 Å². The lowest BCUT2D eigenvalue weighted by atomic mass is 10.1. The Morgan fingerprint density at radius 3 is 2.56 bits per heavy atom. The van der Waals surface area contributed by atoms with Gasteiger partial charge in [-0.3, -0.25) is 14.0 Å². The number of aromatic nitrogens is 2. The molecule has 0 saturated heterocycles. The molecule has 1 aromatic carbocycles. The van der Waals surface area contributed by atoms with Crippen molar-refractivity contribution in [1.29, 1.82) is 0 Å². The van der Waals surface area contributed by atoms with Crippen molar-refractivity contribution in [3.05, 3.63) is 65.1 Å². The number of nitrogens with one attached hydrogen (secondary N) is 1. The minimum Gasteiger partial charge on any atom is -0.481 e. The van der Waals surface area contributed by atoms with E-state index in [9.17, 15) is 9.59 Å². The first-order chi connectivity index (χ1) is 12.0. The van der Waals surface area contributed by atoms with E-state index in [0.717, 1.165) is 16.9 Å². The van der Waals surface area contributed by atoms with Crippen LogP contribution in [0.25, 0.3) is 5.65 Å². The molecule has 0 unspecified atom stereocenters. The highest BCUT2D eigenvalue weighted by Crippen LogP contribution is 2.19. The Labute approximate surface area is 145 Å². The van der Waals surface area contributed by atoms with E-state index in [1.54, 1.807) is 24.3 Å². The number of carboxylic acids is 1. The summed E-state index contributed by atoms with van der Waals surface area (Å²) in [5.74, 6) is -1.12. The van der Waals surface area contributed by atoms with Gasteiger partial charge in [-0.05, 0) is 42.7 Å². The maximum absolute atomic E-state index is 12.8. The van der Waals surface area contributed by atoms with Crippen LogP contribution >= 0.6 is 0 Å². The number of carbonyl (C=O) groups is 2. The van der Waals surface area contributed by atoms with E-state index in [0.29, 0.717) is 23.4 Å². The van der Waals surface area contributed by atoms with Gasteiger partial charge in [-0.2, -0.15) is 0 Å². The molecule has 25 heavy (non-hydrogen) atoms. The molecular formula is C19H19N3O3. The highest BCUT2D eigenvalue weighted by Gasteiger charge is 2.19. The number of amides is 1. The minimum absolute atomic E-state index is 0.0409. The molecule has 2 heterocycles. The molecule has 0 aliphatic carbocycles. The molecule has 6 heteroatoms. The third-order valence-electron chi connectivity index (χ3n) is 4.03. The van der Waals surface area contributed by atoms with Crippen molar-refractivity contribution in [2.45, 2.75) is 26.7 Å². The van der Waals surface area contributed by atoms with Crippen molar-refractivity contribution >= 4 is 23.2 Å². The van der Waals surface area contributed by atoms with E-state index in [2.05, 4.69) is 10.3 Å². The lowest BCUT2D eigenvalue weighted by molar-refractivity contribution is -0.136. The number of aliphatic carboxylic acids is 1. The van der Waals surface area contributed by atoms with E-state index in [1.807, 2.05) is 36.6 Å². The molecule has 1 amide bonds. The Morgan fingerprint density at radius 1 is 1.20 bits per heavy atom. The molecule has 128 valence electrons. The van der Waals surface area contributed by atoms with Crippen LogP contribution in [0.15, 0.2) is 42.6 Å². The van der Waals surface area contributed by atoms with Crippen molar-refractivity contribution in [2.24, 2.45) is 0 Å². The number of benzene rings is 1. The summed E-state index contributed by atoms with van der Waals surface area (Å²) >= 11 is 0. The number of hydrogen-bond donors (Lipinski definition) is 2.